The van der Waals surface area contributed by atoms with E-state index in [0.29, 0.717) is 52.0 Å². The van der Waals surface area contributed by atoms with Crippen LogP contribution in [0.4, 0.5) is 13.6 Å². The summed E-state index contributed by atoms with van der Waals surface area (Å²) in [6.45, 7) is 2.48. The van der Waals surface area contributed by atoms with E-state index >= 15 is 0 Å². The minimum Gasteiger partial charge on any atom is -0.347 e. The summed E-state index contributed by atoms with van der Waals surface area (Å²) in [6, 6.07) is 0.230. The Bertz CT molecular complexity index is 623. The highest BCUT2D eigenvalue weighted by atomic mass is 19.3. The van der Waals surface area contributed by atoms with Crippen LogP contribution in [-0.2, 0) is 14.3 Å². The lowest BCUT2D eigenvalue weighted by molar-refractivity contribution is -0.181. The summed E-state index contributed by atoms with van der Waals surface area (Å²) in [5, 5.41) is 11.6. The van der Waals surface area contributed by atoms with Crippen LogP contribution >= 0.6 is 0 Å². The zero-order valence-electron chi connectivity index (χ0n) is 15.4. The second-order valence-corrected chi connectivity index (χ2v) is 7.91. The zero-order valence-corrected chi connectivity index (χ0v) is 15.4. The molecule has 2 heterocycles. The largest absolute Gasteiger partial charge is 0.347 e. The SMILES string of the molecule is CC(F)(F)C[C@H](NC(=O)N1CCC2(CC1)OCCO2)C(=O)CC1(C#N)CC1. The van der Waals surface area contributed by atoms with Crippen LogP contribution in [0.15, 0.2) is 0 Å². The number of amides is 2. The molecular formula is C18H25F2N3O4. The van der Waals surface area contributed by atoms with Crippen molar-refractivity contribution in [1.29, 1.82) is 5.26 Å². The zero-order chi connectivity index (χ0) is 19.7. The number of alkyl halides is 2. The second kappa shape index (κ2) is 7.32. The number of hydrogen-bond donors (Lipinski definition) is 1. The third-order valence-electron chi connectivity index (χ3n) is 5.48. The highest BCUT2D eigenvalue weighted by molar-refractivity contribution is 5.89. The van der Waals surface area contributed by atoms with Gasteiger partial charge in [0.15, 0.2) is 11.6 Å². The molecule has 2 saturated heterocycles. The molecule has 0 aromatic rings. The molecule has 0 radical (unpaired) electrons. The first kappa shape index (κ1) is 20.0. The van der Waals surface area contributed by atoms with Gasteiger partial charge >= 0.3 is 6.03 Å². The molecule has 3 aliphatic rings. The fourth-order valence-corrected chi connectivity index (χ4v) is 3.62. The number of piperidine rings is 1. The van der Waals surface area contributed by atoms with Crippen molar-refractivity contribution < 1.29 is 27.8 Å². The van der Waals surface area contributed by atoms with E-state index in [1.807, 2.05) is 0 Å². The monoisotopic (exact) mass is 385 g/mol. The smallest absolute Gasteiger partial charge is 0.317 e. The molecule has 0 aromatic heterocycles. The van der Waals surface area contributed by atoms with Crippen molar-refractivity contribution in [3.63, 3.8) is 0 Å². The maximum Gasteiger partial charge on any atom is 0.317 e. The van der Waals surface area contributed by atoms with Gasteiger partial charge in [-0.05, 0) is 19.8 Å². The van der Waals surface area contributed by atoms with E-state index < -0.39 is 41.4 Å². The summed E-state index contributed by atoms with van der Waals surface area (Å²) in [5.74, 6) is -4.26. The summed E-state index contributed by atoms with van der Waals surface area (Å²) < 4.78 is 38.3. The second-order valence-electron chi connectivity index (χ2n) is 7.91. The van der Waals surface area contributed by atoms with Crippen LogP contribution in [0.2, 0.25) is 0 Å². The molecule has 1 spiro atoms. The molecule has 1 saturated carbocycles. The molecule has 9 heteroatoms. The lowest BCUT2D eigenvalue weighted by Crippen LogP contribution is -2.54. The van der Waals surface area contributed by atoms with Crippen LogP contribution in [0.1, 0.15) is 45.4 Å². The number of nitrogens with one attached hydrogen (secondary N) is 1. The first-order valence-electron chi connectivity index (χ1n) is 9.31. The van der Waals surface area contributed by atoms with Crippen LogP contribution < -0.4 is 5.32 Å². The summed E-state index contributed by atoms with van der Waals surface area (Å²) in [4.78, 5) is 26.5. The summed E-state index contributed by atoms with van der Waals surface area (Å²) in [6.07, 6.45) is 1.30. The lowest BCUT2D eigenvalue weighted by atomic mass is 9.94. The van der Waals surface area contributed by atoms with E-state index in [1.165, 1.54) is 4.90 Å². The highest BCUT2D eigenvalue weighted by Crippen LogP contribution is 2.48. The van der Waals surface area contributed by atoms with Crippen molar-refractivity contribution in [2.75, 3.05) is 26.3 Å². The van der Waals surface area contributed by atoms with Crippen molar-refractivity contribution >= 4 is 11.8 Å². The Morgan fingerprint density at radius 2 is 1.81 bits per heavy atom. The van der Waals surface area contributed by atoms with Crippen LogP contribution in [0.5, 0.6) is 0 Å². The Morgan fingerprint density at radius 1 is 1.22 bits per heavy atom. The summed E-state index contributed by atoms with van der Waals surface area (Å²) in [7, 11) is 0. The minimum atomic E-state index is -3.10. The number of nitrogens with zero attached hydrogens (tertiary/aromatic N) is 2. The topological polar surface area (TPSA) is 91.7 Å². The molecule has 2 aliphatic heterocycles. The van der Waals surface area contributed by atoms with E-state index in [2.05, 4.69) is 11.4 Å². The first-order chi connectivity index (χ1) is 12.7. The van der Waals surface area contributed by atoms with Crippen molar-refractivity contribution in [2.45, 2.75) is 63.2 Å². The van der Waals surface area contributed by atoms with Crippen molar-refractivity contribution in [3.8, 4) is 6.07 Å². The number of hydrogen-bond acceptors (Lipinski definition) is 5. The molecule has 3 fully saturated rings. The Balaban J connectivity index is 1.58. The fraction of sp³-hybridized carbons (Fsp3) is 0.833. The third kappa shape index (κ3) is 4.93. The van der Waals surface area contributed by atoms with E-state index in [0.717, 1.165) is 6.92 Å². The number of likely N-dealkylation sites (tertiary alicyclic amines) is 1. The molecule has 150 valence electrons. The number of carbonyl (C=O) groups is 2. The molecule has 0 unspecified atom stereocenters. The number of ether oxygens (including phenoxy) is 2. The molecule has 1 atom stereocenters. The molecule has 1 aliphatic carbocycles. The molecule has 2 amide bonds. The number of nitriles is 1. The predicted octanol–water partition coefficient (Wildman–Crippen LogP) is 2.21. The standard InChI is InChI=1S/C18H25F2N3O4/c1-16(19,20)10-13(14(24)11-17(12-21)2-3-17)22-15(25)23-6-4-18(5-7-23)26-8-9-27-18/h13H,2-11H2,1H3,(H,22,25)/t13-/m0/s1. The average molecular weight is 385 g/mol. The van der Waals surface area contributed by atoms with E-state index in [4.69, 9.17) is 14.7 Å². The Kier molecular flexibility index (Phi) is 5.41. The van der Waals surface area contributed by atoms with Gasteiger partial charge in [-0.25, -0.2) is 13.6 Å². The number of Topliss-reactive ketones (excluding diaryl/α,β-unsaturated/α-hetero) is 1. The van der Waals surface area contributed by atoms with Gasteiger partial charge < -0.3 is 19.7 Å². The summed E-state index contributed by atoms with van der Waals surface area (Å²) >= 11 is 0. The fourth-order valence-electron chi connectivity index (χ4n) is 3.62. The van der Waals surface area contributed by atoms with Gasteiger partial charge in [-0.2, -0.15) is 5.26 Å². The molecule has 3 rings (SSSR count). The van der Waals surface area contributed by atoms with E-state index in [-0.39, 0.29) is 6.42 Å². The minimum absolute atomic E-state index is 0.102. The Labute approximate surface area is 157 Å². The van der Waals surface area contributed by atoms with Crippen LogP contribution in [-0.4, -0.2) is 60.8 Å². The van der Waals surface area contributed by atoms with Gasteiger partial charge in [0.05, 0.1) is 30.7 Å². The maximum atomic E-state index is 13.5. The average Bonchev–Trinajstić information content (AvgIpc) is 3.24. The third-order valence-corrected chi connectivity index (χ3v) is 5.48. The molecule has 1 N–H and O–H groups in total. The normalized spacial score (nSPS) is 24.3. The van der Waals surface area contributed by atoms with Crippen molar-refractivity contribution in [1.82, 2.24) is 10.2 Å². The molecular weight excluding hydrogens is 360 g/mol. The van der Waals surface area contributed by atoms with Gasteiger partial charge in [0.25, 0.3) is 0 Å². The number of halogens is 2. The van der Waals surface area contributed by atoms with Gasteiger partial charge in [-0.15, -0.1) is 0 Å². The number of carbonyl (C=O) groups excluding carboxylic acids is 2. The number of rotatable bonds is 6. The number of ketones is 1. The first-order valence-corrected chi connectivity index (χ1v) is 9.31. The molecule has 0 bridgehead atoms. The van der Waals surface area contributed by atoms with Gasteiger partial charge in [-0.1, -0.05) is 0 Å². The van der Waals surface area contributed by atoms with Crippen LogP contribution in [0, 0.1) is 16.7 Å². The van der Waals surface area contributed by atoms with Crippen molar-refractivity contribution in [3.05, 3.63) is 0 Å². The Hall–Kier alpha value is -1.79. The predicted molar refractivity (Wildman–Crippen MR) is 89.9 cm³/mol. The van der Waals surface area contributed by atoms with Crippen LogP contribution in [0.3, 0.4) is 0 Å². The van der Waals surface area contributed by atoms with Gasteiger partial charge in [0.1, 0.15) is 0 Å². The van der Waals surface area contributed by atoms with Gasteiger partial charge in [-0.3, -0.25) is 4.79 Å². The molecule has 0 aromatic carbocycles. The van der Waals surface area contributed by atoms with Crippen molar-refractivity contribution in [2.24, 2.45) is 5.41 Å². The lowest BCUT2D eigenvalue weighted by Gasteiger charge is -2.38. The van der Waals surface area contributed by atoms with E-state index in [1.54, 1.807) is 0 Å². The van der Waals surface area contributed by atoms with Gasteiger partial charge in [0, 0.05) is 38.8 Å². The maximum absolute atomic E-state index is 13.5. The van der Waals surface area contributed by atoms with E-state index in [9.17, 15) is 18.4 Å². The highest BCUT2D eigenvalue weighted by Gasteiger charge is 2.47. The molecule has 27 heavy (non-hydrogen) atoms. The quantitative estimate of drug-likeness (QED) is 0.757. The number of urea groups is 1. The molecule has 7 nitrogen and oxygen atoms in total. The van der Waals surface area contributed by atoms with Crippen LogP contribution in [0.25, 0.3) is 0 Å². The van der Waals surface area contributed by atoms with Gasteiger partial charge in [0.2, 0.25) is 5.92 Å². The Morgan fingerprint density at radius 3 is 2.30 bits per heavy atom. The summed E-state index contributed by atoms with van der Waals surface area (Å²) in [5.41, 5.74) is -0.738.